The van der Waals surface area contributed by atoms with Crippen LogP contribution in [-0.4, -0.2) is 96.7 Å². The second-order valence-corrected chi connectivity index (χ2v) is 24.3. The number of phosphoric acid groups is 2. The zero-order valence-corrected chi connectivity index (χ0v) is 51.4. The van der Waals surface area contributed by atoms with Crippen molar-refractivity contribution < 1.29 is 80.2 Å². The number of ether oxygens (including phenoxy) is 4. The Morgan fingerprint density at radius 1 is 0.308 bits per heavy atom. The van der Waals surface area contributed by atoms with Crippen LogP contribution in [0, 0.1) is 0 Å². The monoisotopic (exact) mass is 1160 g/mol. The molecule has 17 nitrogen and oxygen atoms in total. The molecule has 0 aliphatic carbocycles. The third-order valence-corrected chi connectivity index (χ3v) is 15.5. The lowest BCUT2D eigenvalue weighted by atomic mass is 10.1. The summed E-state index contributed by atoms with van der Waals surface area (Å²) < 4.78 is 67.7. The smallest absolute Gasteiger partial charge is 0.462 e. The van der Waals surface area contributed by atoms with Crippen molar-refractivity contribution in [2.45, 2.75) is 316 Å². The molecule has 0 radical (unpaired) electrons. The van der Waals surface area contributed by atoms with Crippen molar-refractivity contribution in [3.63, 3.8) is 0 Å². The van der Waals surface area contributed by atoms with Crippen molar-refractivity contribution in [2.75, 3.05) is 39.6 Å². The summed E-state index contributed by atoms with van der Waals surface area (Å²) in [7, 11) is -9.87. The van der Waals surface area contributed by atoms with Gasteiger partial charge in [-0.2, -0.15) is 0 Å². The lowest BCUT2D eigenvalue weighted by Crippen LogP contribution is -2.30. The summed E-state index contributed by atoms with van der Waals surface area (Å²) >= 11 is 0. The molecule has 0 bridgehead atoms. The second kappa shape index (κ2) is 54.3. The van der Waals surface area contributed by atoms with Crippen LogP contribution < -0.4 is 0 Å². The van der Waals surface area contributed by atoms with Gasteiger partial charge in [-0.1, -0.05) is 246 Å². The van der Waals surface area contributed by atoms with E-state index in [0.717, 1.165) is 103 Å². The summed E-state index contributed by atoms with van der Waals surface area (Å²) in [6.07, 6.45) is 37.5. The highest BCUT2D eigenvalue weighted by Gasteiger charge is 2.30. The van der Waals surface area contributed by atoms with Gasteiger partial charge in [-0.25, -0.2) is 9.13 Å². The molecule has 0 spiro atoms. The normalized spacial score (nSPS) is 14.3. The van der Waals surface area contributed by atoms with E-state index in [1.807, 2.05) is 0 Å². The molecular weight excluding hydrogens is 1040 g/mol. The maximum absolute atomic E-state index is 12.9. The fourth-order valence-corrected chi connectivity index (χ4v) is 10.3. The molecule has 0 saturated heterocycles. The number of hydrogen-bond donors (Lipinski definition) is 3. The number of aliphatic hydroxyl groups is 1. The average molecular weight is 1160 g/mol. The number of aliphatic hydroxyl groups excluding tert-OH is 1. The first-order valence-electron chi connectivity index (χ1n) is 31.3. The van der Waals surface area contributed by atoms with E-state index >= 15 is 0 Å². The van der Waals surface area contributed by atoms with Crippen molar-refractivity contribution in [1.29, 1.82) is 0 Å². The van der Waals surface area contributed by atoms with Gasteiger partial charge in [0.25, 0.3) is 0 Å². The lowest BCUT2D eigenvalue weighted by molar-refractivity contribution is -0.161. The van der Waals surface area contributed by atoms with Gasteiger partial charge in [-0.3, -0.25) is 37.3 Å². The van der Waals surface area contributed by atoms with Crippen LogP contribution >= 0.6 is 15.6 Å². The minimum absolute atomic E-state index is 0.106. The summed E-state index contributed by atoms with van der Waals surface area (Å²) in [6.45, 7) is 4.80. The number of hydrogen-bond acceptors (Lipinski definition) is 15. The maximum atomic E-state index is 12.9. The number of rotatable bonds is 60. The van der Waals surface area contributed by atoms with Gasteiger partial charge in [-0.05, 0) is 25.7 Å². The topological polar surface area (TPSA) is 237 Å². The molecule has 2 unspecified atom stereocenters. The van der Waals surface area contributed by atoms with E-state index in [2.05, 4.69) is 27.7 Å². The Morgan fingerprint density at radius 3 is 0.756 bits per heavy atom. The fraction of sp³-hybridized carbons (Fsp3) is 0.932. The summed E-state index contributed by atoms with van der Waals surface area (Å²) in [5.41, 5.74) is 0. The molecule has 0 aromatic heterocycles. The third kappa shape index (κ3) is 53.4. The molecule has 462 valence electrons. The lowest BCUT2D eigenvalue weighted by Gasteiger charge is -2.21. The van der Waals surface area contributed by atoms with Gasteiger partial charge in [0.05, 0.1) is 26.4 Å². The van der Waals surface area contributed by atoms with Crippen LogP contribution in [0.2, 0.25) is 0 Å². The van der Waals surface area contributed by atoms with Crippen LogP contribution in [0.25, 0.3) is 0 Å². The molecule has 78 heavy (non-hydrogen) atoms. The zero-order valence-electron chi connectivity index (χ0n) is 49.6. The van der Waals surface area contributed by atoms with Crippen molar-refractivity contribution in [1.82, 2.24) is 0 Å². The van der Waals surface area contributed by atoms with E-state index in [1.54, 1.807) is 0 Å². The van der Waals surface area contributed by atoms with Crippen LogP contribution in [0.3, 0.4) is 0 Å². The van der Waals surface area contributed by atoms with E-state index in [4.69, 9.17) is 37.0 Å². The number of carbonyl (C=O) groups excluding carboxylic acids is 4. The molecule has 3 N–H and O–H groups in total. The van der Waals surface area contributed by atoms with E-state index in [0.29, 0.717) is 25.7 Å². The number of esters is 4. The predicted molar refractivity (Wildman–Crippen MR) is 308 cm³/mol. The van der Waals surface area contributed by atoms with Gasteiger partial charge in [-0.15, -0.1) is 0 Å². The summed E-state index contributed by atoms with van der Waals surface area (Å²) in [6, 6.07) is 0. The van der Waals surface area contributed by atoms with Crippen molar-refractivity contribution in [3.8, 4) is 0 Å². The van der Waals surface area contributed by atoms with Crippen LogP contribution in [0.15, 0.2) is 0 Å². The standard InChI is InChI=1S/C59H114O17P2/c1-5-9-13-17-21-24-27-30-34-38-42-46-59(64)76-55(50-70-57(62)44-40-36-32-28-25-22-18-14-10-6-2)52-74-78(67,68)72-48-53(60)47-71-77(65,66)73-51-54(49-69-56(61)43-39-35-31-20-16-12-8-4)75-58(63)45-41-37-33-29-26-23-19-15-11-7-3/h53-55,60H,5-52H2,1-4H3,(H,65,66)(H,67,68)/t53-,54+,55+/m0/s1. The fourth-order valence-electron chi connectivity index (χ4n) is 8.75. The van der Waals surface area contributed by atoms with Crippen molar-refractivity contribution >= 4 is 39.5 Å². The molecular formula is C59H114O17P2. The summed E-state index contributed by atoms with van der Waals surface area (Å²) in [4.78, 5) is 71.8. The SMILES string of the molecule is CCCCCCCCCCCCCC(=O)O[C@H](COC(=O)CCCCCCCCCCCC)COP(=O)(O)OC[C@@H](O)COP(=O)(O)OC[C@@H](COC(=O)CCCCCCCCC)OC(=O)CCCCCCCCCCCC. The molecule has 0 heterocycles. The van der Waals surface area contributed by atoms with Gasteiger partial charge in [0.2, 0.25) is 0 Å². The first kappa shape index (κ1) is 76.1. The van der Waals surface area contributed by atoms with E-state index in [1.165, 1.54) is 116 Å². The van der Waals surface area contributed by atoms with Crippen LogP contribution in [0.1, 0.15) is 297 Å². The van der Waals surface area contributed by atoms with Crippen LogP contribution in [0.5, 0.6) is 0 Å². The minimum atomic E-state index is -4.93. The number of phosphoric ester groups is 2. The highest BCUT2D eigenvalue weighted by atomic mass is 31.2. The Hall–Kier alpha value is -1.94. The Labute approximate surface area is 473 Å². The van der Waals surface area contributed by atoms with Gasteiger partial charge >= 0.3 is 39.5 Å². The molecule has 0 aromatic carbocycles. The molecule has 19 heteroatoms. The van der Waals surface area contributed by atoms with E-state index < -0.39 is 97.5 Å². The molecule has 0 fully saturated rings. The highest BCUT2D eigenvalue weighted by Crippen LogP contribution is 2.45. The molecule has 0 aliphatic rings. The van der Waals surface area contributed by atoms with E-state index in [-0.39, 0.29) is 25.7 Å². The number of unbranched alkanes of at least 4 members (excludes halogenated alkanes) is 34. The molecule has 0 aromatic rings. The average Bonchev–Trinajstić information content (AvgIpc) is 3.41. The van der Waals surface area contributed by atoms with Crippen LogP contribution in [-0.2, 0) is 65.4 Å². The van der Waals surface area contributed by atoms with Crippen molar-refractivity contribution in [3.05, 3.63) is 0 Å². The Kier molecular flexibility index (Phi) is 53.0. The Balaban J connectivity index is 5.21. The second-order valence-electron chi connectivity index (χ2n) is 21.4. The largest absolute Gasteiger partial charge is 0.472 e. The zero-order chi connectivity index (χ0) is 57.6. The van der Waals surface area contributed by atoms with Crippen LogP contribution in [0.4, 0.5) is 0 Å². The Morgan fingerprint density at radius 2 is 0.513 bits per heavy atom. The number of carbonyl (C=O) groups is 4. The predicted octanol–water partition coefficient (Wildman–Crippen LogP) is 16.0. The van der Waals surface area contributed by atoms with Crippen molar-refractivity contribution in [2.24, 2.45) is 0 Å². The summed E-state index contributed by atoms with van der Waals surface area (Å²) in [5, 5.41) is 10.5. The molecule has 0 saturated carbocycles. The maximum Gasteiger partial charge on any atom is 0.472 e. The van der Waals surface area contributed by atoms with Gasteiger partial charge in [0.1, 0.15) is 19.3 Å². The van der Waals surface area contributed by atoms with E-state index in [9.17, 15) is 43.2 Å². The molecule has 0 amide bonds. The first-order valence-corrected chi connectivity index (χ1v) is 34.3. The molecule has 5 atom stereocenters. The van der Waals surface area contributed by atoms with Gasteiger partial charge in [0, 0.05) is 25.7 Å². The van der Waals surface area contributed by atoms with Gasteiger partial charge in [0.15, 0.2) is 12.2 Å². The highest BCUT2D eigenvalue weighted by molar-refractivity contribution is 7.47. The molecule has 0 aliphatic heterocycles. The summed E-state index contributed by atoms with van der Waals surface area (Å²) in [5.74, 6) is -2.14. The molecule has 0 rings (SSSR count). The van der Waals surface area contributed by atoms with Gasteiger partial charge < -0.3 is 33.8 Å². The first-order chi connectivity index (χ1) is 37.7. The quantitative estimate of drug-likeness (QED) is 0.0222. The minimum Gasteiger partial charge on any atom is -0.462 e. The third-order valence-electron chi connectivity index (χ3n) is 13.6. The Bertz CT molecular complexity index is 1520.